The molecule has 21 heavy (non-hydrogen) atoms. The highest BCUT2D eigenvalue weighted by Gasteiger charge is 2.34. The largest absolute Gasteiger partial charge is 0.507 e. The SMILES string of the molecule is Oc1ccc(Oc2ccc3c(c2)OCO3)cc1C(F)(F)F. The highest BCUT2D eigenvalue weighted by atomic mass is 19.4. The summed E-state index contributed by atoms with van der Waals surface area (Å²) in [7, 11) is 0. The Balaban J connectivity index is 1.88. The number of phenols is 1. The van der Waals surface area contributed by atoms with Crippen molar-refractivity contribution in [3.8, 4) is 28.7 Å². The molecule has 0 unspecified atom stereocenters. The zero-order valence-corrected chi connectivity index (χ0v) is 10.5. The molecule has 1 aliphatic heterocycles. The fourth-order valence-corrected chi connectivity index (χ4v) is 1.88. The molecule has 0 fully saturated rings. The fourth-order valence-electron chi connectivity index (χ4n) is 1.88. The van der Waals surface area contributed by atoms with Gasteiger partial charge in [-0.05, 0) is 30.3 Å². The predicted molar refractivity (Wildman–Crippen MR) is 65.7 cm³/mol. The zero-order chi connectivity index (χ0) is 15.0. The fraction of sp³-hybridized carbons (Fsp3) is 0.143. The van der Waals surface area contributed by atoms with Gasteiger partial charge >= 0.3 is 6.18 Å². The number of benzene rings is 2. The number of fused-ring (bicyclic) bond motifs is 1. The van der Waals surface area contributed by atoms with Crippen molar-refractivity contribution in [2.75, 3.05) is 6.79 Å². The Morgan fingerprint density at radius 2 is 1.62 bits per heavy atom. The molecule has 1 heterocycles. The number of halogens is 3. The van der Waals surface area contributed by atoms with Crippen molar-refractivity contribution >= 4 is 0 Å². The summed E-state index contributed by atoms with van der Waals surface area (Å²) in [6.07, 6.45) is -4.65. The van der Waals surface area contributed by atoms with Crippen molar-refractivity contribution in [1.82, 2.24) is 0 Å². The van der Waals surface area contributed by atoms with E-state index in [1.165, 1.54) is 12.1 Å². The van der Waals surface area contributed by atoms with Gasteiger partial charge in [0.05, 0.1) is 0 Å². The smallest absolute Gasteiger partial charge is 0.420 e. The second-order valence-corrected chi connectivity index (χ2v) is 4.29. The molecule has 0 spiro atoms. The molecule has 3 rings (SSSR count). The Morgan fingerprint density at radius 3 is 2.38 bits per heavy atom. The molecule has 1 N–H and O–H groups in total. The van der Waals surface area contributed by atoms with Crippen LogP contribution in [0.15, 0.2) is 36.4 Å². The van der Waals surface area contributed by atoms with Gasteiger partial charge in [-0.1, -0.05) is 0 Å². The van der Waals surface area contributed by atoms with Crippen molar-refractivity contribution in [3.63, 3.8) is 0 Å². The minimum Gasteiger partial charge on any atom is -0.507 e. The molecule has 0 amide bonds. The van der Waals surface area contributed by atoms with Gasteiger partial charge in [-0.25, -0.2) is 0 Å². The number of aromatic hydroxyl groups is 1. The van der Waals surface area contributed by atoms with E-state index in [-0.39, 0.29) is 12.5 Å². The summed E-state index contributed by atoms with van der Waals surface area (Å²) in [4.78, 5) is 0. The Morgan fingerprint density at radius 1 is 0.952 bits per heavy atom. The third-order valence-corrected chi connectivity index (χ3v) is 2.85. The maximum Gasteiger partial charge on any atom is 0.420 e. The van der Waals surface area contributed by atoms with Crippen molar-refractivity contribution in [2.45, 2.75) is 6.18 Å². The zero-order valence-electron chi connectivity index (χ0n) is 10.5. The van der Waals surface area contributed by atoms with E-state index in [1.807, 2.05) is 0 Å². The van der Waals surface area contributed by atoms with Crippen LogP contribution in [0, 0.1) is 0 Å². The van der Waals surface area contributed by atoms with E-state index in [0.29, 0.717) is 17.2 Å². The van der Waals surface area contributed by atoms with Crippen LogP contribution in [-0.2, 0) is 6.18 Å². The lowest BCUT2D eigenvalue weighted by Crippen LogP contribution is -2.05. The van der Waals surface area contributed by atoms with Crippen LogP contribution < -0.4 is 14.2 Å². The summed E-state index contributed by atoms with van der Waals surface area (Å²) in [5, 5.41) is 9.25. The molecule has 0 atom stereocenters. The first-order valence-electron chi connectivity index (χ1n) is 5.91. The second kappa shape index (κ2) is 4.76. The lowest BCUT2D eigenvalue weighted by molar-refractivity contribution is -0.138. The molecule has 0 saturated carbocycles. The number of ether oxygens (including phenoxy) is 3. The lowest BCUT2D eigenvalue weighted by Gasteiger charge is -2.12. The number of hydrogen-bond donors (Lipinski definition) is 1. The molecule has 0 aromatic heterocycles. The van der Waals surface area contributed by atoms with Crippen molar-refractivity contribution in [3.05, 3.63) is 42.0 Å². The summed E-state index contributed by atoms with van der Waals surface area (Å²) in [5.41, 5.74) is -1.15. The molecule has 0 saturated heterocycles. The monoisotopic (exact) mass is 298 g/mol. The van der Waals surface area contributed by atoms with E-state index in [1.54, 1.807) is 12.1 Å². The molecule has 4 nitrogen and oxygen atoms in total. The normalized spacial score (nSPS) is 13.3. The Labute approximate surface area is 117 Å². The highest BCUT2D eigenvalue weighted by molar-refractivity contribution is 5.49. The van der Waals surface area contributed by atoms with Gasteiger partial charge in [-0.3, -0.25) is 0 Å². The second-order valence-electron chi connectivity index (χ2n) is 4.29. The number of phenolic OH excluding ortho intramolecular Hbond substituents is 1. The quantitative estimate of drug-likeness (QED) is 0.912. The van der Waals surface area contributed by atoms with Crippen LogP contribution in [0.1, 0.15) is 5.56 Å². The maximum absolute atomic E-state index is 12.7. The van der Waals surface area contributed by atoms with Crippen LogP contribution >= 0.6 is 0 Å². The summed E-state index contributed by atoms with van der Waals surface area (Å²) >= 11 is 0. The van der Waals surface area contributed by atoms with E-state index >= 15 is 0 Å². The number of alkyl halides is 3. The van der Waals surface area contributed by atoms with Gasteiger partial charge in [0.1, 0.15) is 22.8 Å². The average molecular weight is 298 g/mol. The molecule has 0 aliphatic carbocycles. The van der Waals surface area contributed by atoms with Gasteiger partial charge in [0, 0.05) is 6.07 Å². The van der Waals surface area contributed by atoms with E-state index in [9.17, 15) is 18.3 Å². The van der Waals surface area contributed by atoms with Crippen molar-refractivity contribution in [1.29, 1.82) is 0 Å². The van der Waals surface area contributed by atoms with E-state index in [2.05, 4.69) is 0 Å². The standard InChI is InChI=1S/C14H9F3O4/c15-14(16,17)10-5-8(1-3-11(10)18)21-9-2-4-12-13(6-9)20-7-19-12/h1-6,18H,7H2. The summed E-state index contributed by atoms with van der Waals surface area (Å²) in [5.74, 6) is 0.420. The van der Waals surface area contributed by atoms with Crippen LogP contribution in [0.3, 0.4) is 0 Å². The first kappa shape index (κ1) is 13.4. The first-order valence-corrected chi connectivity index (χ1v) is 5.91. The Kier molecular flexibility index (Phi) is 3.04. The number of hydrogen-bond acceptors (Lipinski definition) is 4. The molecule has 0 radical (unpaired) electrons. The van der Waals surface area contributed by atoms with Crippen molar-refractivity contribution < 1.29 is 32.5 Å². The van der Waals surface area contributed by atoms with Gasteiger partial charge in [-0.2, -0.15) is 13.2 Å². The van der Waals surface area contributed by atoms with Crippen LogP contribution in [-0.4, -0.2) is 11.9 Å². The molecular weight excluding hydrogens is 289 g/mol. The number of rotatable bonds is 2. The third kappa shape index (κ3) is 2.67. The van der Waals surface area contributed by atoms with Crippen LogP contribution in [0.25, 0.3) is 0 Å². The lowest BCUT2D eigenvalue weighted by atomic mass is 10.2. The summed E-state index contributed by atoms with van der Waals surface area (Å²) in [6.45, 7) is 0.0935. The highest BCUT2D eigenvalue weighted by Crippen LogP contribution is 2.40. The van der Waals surface area contributed by atoms with Gasteiger partial charge < -0.3 is 19.3 Å². The molecule has 2 aromatic rings. The summed E-state index contributed by atoms with van der Waals surface area (Å²) < 4.78 is 53.7. The molecular formula is C14H9F3O4. The topological polar surface area (TPSA) is 47.9 Å². The summed E-state index contributed by atoms with van der Waals surface area (Å²) in [6, 6.07) is 7.58. The Hall–Kier alpha value is -2.57. The van der Waals surface area contributed by atoms with Crippen LogP contribution in [0.5, 0.6) is 28.7 Å². The van der Waals surface area contributed by atoms with Gasteiger partial charge in [-0.15, -0.1) is 0 Å². The Bertz CT molecular complexity index is 682. The van der Waals surface area contributed by atoms with Gasteiger partial charge in [0.25, 0.3) is 0 Å². The minimum absolute atomic E-state index is 0.0426. The molecule has 7 heteroatoms. The van der Waals surface area contributed by atoms with Crippen LogP contribution in [0.2, 0.25) is 0 Å². The maximum atomic E-state index is 12.7. The van der Waals surface area contributed by atoms with E-state index in [4.69, 9.17) is 14.2 Å². The third-order valence-electron chi connectivity index (χ3n) is 2.85. The predicted octanol–water partition coefficient (Wildman–Crippen LogP) is 3.93. The molecule has 110 valence electrons. The minimum atomic E-state index is -4.65. The first-order chi connectivity index (χ1) is 9.93. The van der Waals surface area contributed by atoms with E-state index < -0.39 is 17.5 Å². The average Bonchev–Trinajstić information content (AvgIpc) is 2.87. The molecule has 1 aliphatic rings. The molecule has 2 aromatic carbocycles. The van der Waals surface area contributed by atoms with Crippen molar-refractivity contribution in [2.24, 2.45) is 0 Å². The van der Waals surface area contributed by atoms with Gasteiger partial charge in [0.15, 0.2) is 11.5 Å². The molecule has 0 bridgehead atoms. The van der Waals surface area contributed by atoms with Gasteiger partial charge in [0.2, 0.25) is 6.79 Å². The van der Waals surface area contributed by atoms with E-state index in [0.717, 1.165) is 12.1 Å². The van der Waals surface area contributed by atoms with Crippen LogP contribution in [0.4, 0.5) is 13.2 Å².